The van der Waals surface area contributed by atoms with Crippen LogP contribution >= 0.6 is 0 Å². The molecule has 3 rings (SSSR count). The number of hydrogen-bond donors (Lipinski definition) is 3. The summed E-state index contributed by atoms with van der Waals surface area (Å²) in [6.07, 6.45) is 1.76. The van der Waals surface area contributed by atoms with Gasteiger partial charge in [0.15, 0.2) is 0 Å². The third-order valence-corrected chi connectivity index (χ3v) is 4.82. The first-order valence-electron chi connectivity index (χ1n) is 7.45. The van der Waals surface area contributed by atoms with Crippen LogP contribution in [0.2, 0.25) is 0 Å². The zero-order valence-electron chi connectivity index (χ0n) is 12.8. The lowest BCUT2D eigenvalue weighted by Crippen LogP contribution is -2.31. The van der Waals surface area contributed by atoms with E-state index in [2.05, 4.69) is 15.0 Å². The number of aromatic amines is 1. The van der Waals surface area contributed by atoms with E-state index in [-0.39, 0.29) is 18.2 Å². The fourth-order valence-corrected chi connectivity index (χ4v) is 3.37. The maximum absolute atomic E-state index is 12.3. The number of benzene rings is 2. The lowest BCUT2D eigenvalue weighted by molar-refractivity contribution is 0.0957. The van der Waals surface area contributed by atoms with E-state index >= 15 is 0 Å². The molecule has 0 aliphatic carbocycles. The lowest BCUT2D eigenvalue weighted by atomic mass is 10.1. The van der Waals surface area contributed by atoms with Gasteiger partial charge in [0.2, 0.25) is 10.0 Å². The van der Waals surface area contributed by atoms with Crippen molar-refractivity contribution in [2.75, 3.05) is 17.0 Å². The maximum Gasteiger partial charge on any atom is 0.253 e. The van der Waals surface area contributed by atoms with Gasteiger partial charge in [-0.3, -0.25) is 9.52 Å². The number of hydrogen-bond acceptors (Lipinski definition) is 3. The molecule has 0 atom stereocenters. The number of aromatic nitrogens is 1. The van der Waals surface area contributed by atoms with Gasteiger partial charge in [0.1, 0.15) is 0 Å². The Morgan fingerprint density at radius 3 is 2.58 bits per heavy atom. The highest BCUT2D eigenvalue weighted by Crippen LogP contribution is 2.16. The molecule has 24 heavy (non-hydrogen) atoms. The molecule has 0 unspecified atom stereocenters. The molecule has 0 aliphatic rings. The van der Waals surface area contributed by atoms with Crippen LogP contribution < -0.4 is 10.0 Å². The number of amides is 1. The Balaban J connectivity index is 1.60. The third-order valence-electron chi connectivity index (χ3n) is 3.54. The molecule has 0 bridgehead atoms. The minimum absolute atomic E-state index is 0.0259. The molecule has 2 aromatic carbocycles. The van der Waals surface area contributed by atoms with Gasteiger partial charge in [0.05, 0.1) is 16.8 Å². The summed E-state index contributed by atoms with van der Waals surface area (Å²) in [6.45, 7) is 0.0259. The molecule has 0 radical (unpaired) electrons. The van der Waals surface area contributed by atoms with E-state index in [0.717, 1.165) is 10.9 Å². The third kappa shape index (κ3) is 3.75. The first kappa shape index (κ1) is 16.1. The van der Waals surface area contributed by atoms with Crippen LogP contribution in [0, 0.1) is 0 Å². The fourth-order valence-electron chi connectivity index (χ4n) is 2.41. The van der Waals surface area contributed by atoms with Crippen molar-refractivity contribution in [2.24, 2.45) is 0 Å². The normalized spacial score (nSPS) is 11.3. The van der Waals surface area contributed by atoms with E-state index in [1.807, 2.05) is 12.1 Å². The number of H-pyrrole nitrogens is 1. The molecular weight excluding hydrogens is 326 g/mol. The zero-order chi connectivity index (χ0) is 17.0. The molecule has 0 spiro atoms. The van der Waals surface area contributed by atoms with Crippen LogP contribution in [0.5, 0.6) is 0 Å². The zero-order valence-corrected chi connectivity index (χ0v) is 13.6. The van der Waals surface area contributed by atoms with Crippen molar-refractivity contribution in [2.45, 2.75) is 0 Å². The van der Waals surface area contributed by atoms with Gasteiger partial charge in [0, 0.05) is 23.8 Å². The van der Waals surface area contributed by atoms with Crippen molar-refractivity contribution in [1.29, 1.82) is 0 Å². The molecule has 1 heterocycles. The second-order valence-electron chi connectivity index (χ2n) is 5.29. The van der Waals surface area contributed by atoms with Crippen LogP contribution in [0.3, 0.4) is 0 Å². The summed E-state index contributed by atoms with van der Waals surface area (Å²) < 4.78 is 26.5. The number of nitrogens with one attached hydrogen (secondary N) is 3. The number of carbonyl (C=O) groups is 1. The fraction of sp³-hybridized carbons (Fsp3) is 0.118. The van der Waals surface area contributed by atoms with Gasteiger partial charge in [-0.15, -0.1) is 0 Å². The summed E-state index contributed by atoms with van der Waals surface area (Å²) in [5.41, 5.74) is 1.73. The molecule has 0 aliphatic heterocycles. The van der Waals surface area contributed by atoms with E-state index in [9.17, 15) is 13.2 Å². The van der Waals surface area contributed by atoms with Crippen molar-refractivity contribution in [3.8, 4) is 0 Å². The van der Waals surface area contributed by atoms with Crippen molar-refractivity contribution in [3.63, 3.8) is 0 Å². The Kier molecular flexibility index (Phi) is 4.52. The summed E-state index contributed by atoms with van der Waals surface area (Å²) in [5, 5.41) is 3.58. The van der Waals surface area contributed by atoms with E-state index in [1.54, 1.807) is 48.7 Å². The molecule has 0 fully saturated rings. The summed E-state index contributed by atoms with van der Waals surface area (Å²) in [5.74, 6) is -0.508. The Labute approximate surface area is 139 Å². The van der Waals surface area contributed by atoms with Gasteiger partial charge in [0.25, 0.3) is 5.91 Å². The van der Waals surface area contributed by atoms with E-state index in [1.165, 1.54) is 0 Å². The van der Waals surface area contributed by atoms with Gasteiger partial charge < -0.3 is 10.3 Å². The highest BCUT2D eigenvalue weighted by atomic mass is 32.2. The Bertz CT molecular complexity index is 949. The number of para-hydroxylation sites is 2. The summed E-state index contributed by atoms with van der Waals surface area (Å²) >= 11 is 0. The molecule has 0 saturated carbocycles. The monoisotopic (exact) mass is 343 g/mol. The van der Waals surface area contributed by atoms with Crippen LogP contribution in [0.15, 0.2) is 60.8 Å². The smallest absolute Gasteiger partial charge is 0.253 e. The maximum atomic E-state index is 12.3. The van der Waals surface area contributed by atoms with E-state index < -0.39 is 10.0 Å². The molecular formula is C17H17N3O3S. The van der Waals surface area contributed by atoms with E-state index in [4.69, 9.17) is 0 Å². The Morgan fingerprint density at radius 1 is 1.00 bits per heavy atom. The highest BCUT2D eigenvalue weighted by Gasteiger charge is 2.13. The quantitative estimate of drug-likeness (QED) is 0.641. The average Bonchev–Trinajstić information content (AvgIpc) is 3.03. The standard InChI is InChI=1S/C17H17N3O3S/c21-17(15-8-4-5-13-9-10-18-16(13)15)19-11-12-24(22,23)20-14-6-2-1-3-7-14/h1-10,18,20H,11-12H2,(H,19,21). The van der Waals surface area contributed by atoms with Crippen molar-refractivity contribution >= 4 is 32.5 Å². The summed E-state index contributed by atoms with van der Waals surface area (Å²) in [6, 6.07) is 15.9. The summed E-state index contributed by atoms with van der Waals surface area (Å²) in [7, 11) is -3.52. The SMILES string of the molecule is O=C(NCCS(=O)(=O)Nc1ccccc1)c1cccc2cc[nH]c12. The molecule has 1 aromatic heterocycles. The number of carbonyl (C=O) groups excluding carboxylic acids is 1. The van der Waals surface area contributed by atoms with Crippen LogP contribution in [-0.4, -0.2) is 31.6 Å². The number of rotatable bonds is 6. The predicted octanol–water partition coefficient (Wildman–Crippen LogP) is 2.34. The van der Waals surface area contributed by atoms with Crippen molar-refractivity contribution in [3.05, 3.63) is 66.4 Å². The molecule has 1 amide bonds. The highest BCUT2D eigenvalue weighted by molar-refractivity contribution is 7.92. The molecule has 124 valence electrons. The van der Waals surface area contributed by atoms with Gasteiger partial charge in [-0.25, -0.2) is 8.42 Å². The average molecular weight is 343 g/mol. The van der Waals surface area contributed by atoms with Gasteiger partial charge in [-0.1, -0.05) is 30.3 Å². The largest absolute Gasteiger partial charge is 0.361 e. The van der Waals surface area contributed by atoms with Crippen LogP contribution in [-0.2, 0) is 10.0 Å². The van der Waals surface area contributed by atoms with Crippen molar-refractivity contribution < 1.29 is 13.2 Å². The number of fused-ring (bicyclic) bond motifs is 1. The number of anilines is 1. The first-order valence-corrected chi connectivity index (χ1v) is 9.10. The molecule has 7 heteroatoms. The molecule has 3 N–H and O–H groups in total. The molecule has 0 saturated heterocycles. The van der Waals surface area contributed by atoms with Crippen LogP contribution in [0.4, 0.5) is 5.69 Å². The molecule has 3 aromatic rings. The minimum Gasteiger partial charge on any atom is -0.361 e. The van der Waals surface area contributed by atoms with Gasteiger partial charge in [-0.2, -0.15) is 0 Å². The summed E-state index contributed by atoms with van der Waals surface area (Å²) in [4.78, 5) is 15.3. The topological polar surface area (TPSA) is 91.1 Å². The van der Waals surface area contributed by atoms with Crippen LogP contribution in [0.1, 0.15) is 10.4 Å². The second kappa shape index (κ2) is 6.76. The predicted molar refractivity (Wildman–Crippen MR) is 94.5 cm³/mol. The van der Waals surface area contributed by atoms with Crippen LogP contribution in [0.25, 0.3) is 10.9 Å². The minimum atomic E-state index is -3.52. The van der Waals surface area contributed by atoms with Gasteiger partial charge in [-0.05, 0) is 24.3 Å². The Morgan fingerprint density at radius 2 is 1.79 bits per heavy atom. The lowest BCUT2D eigenvalue weighted by Gasteiger charge is -2.09. The first-order chi connectivity index (χ1) is 11.6. The van der Waals surface area contributed by atoms with Crippen molar-refractivity contribution in [1.82, 2.24) is 10.3 Å². The molecule has 6 nitrogen and oxygen atoms in total. The van der Waals surface area contributed by atoms with Gasteiger partial charge >= 0.3 is 0 Å². The Hall–Kier alpha value is -2.80. The van der Waals surface area contributed by atoms with E-state index in [0.29, 0.717) is 11.3 Å². The number of sulfonamides is 1. The second-order valence-corrected chi connectivity index (χ2v) is 7.13.